The molecule has 0 atom stereocenters. The topological polar surface area (TPSA) is 211 Å². The Bertz CT molecular complexity index is 1110. The van der Waals surface area contributed by atoms with E-state index in [0.717, 1.165) is 18.2 Å². The first kappa shape index (κ1) is 24.6. The van der Waals surface area contributed by atoms with Gasteiger partial charge in [0.1, 0.15) is 17.6 Å². The van der Waals surface area contributed by atoms with Crippen LogP contribution in [0.3, 0.4) is 0 Å². The Kier molecular flexibility index (Phi) is 7.75. The number of halogens is 2. The molecule has 2 amide bonds. The van der Waals surface area contributed by atoms with Crippen molar-refractivity contribution in [1.82, 2.24) is 0 Å². The molecule has 13 nitrogen and oxygen atoms in total. The van der Waals surface area contributed by atoms with Crippen LogP contribution in [0.4, 0.5) is 11.4 Å². The maximum Gasteiger partial charge on any atom is 0.292 e. The normalized spacial score (nSPS) is 12.7. The van der Waals surface area contributed by atoms with Gasteiger partial charge in [0.15, 0.2) is 10.0 Å². The lowest BCUT2D eigenvalue weighted by Crippen LogP contribution is -2.38. The molecule has 0 aromatic heterocycles. The van der Waals surface area contributed by atoms with Crippen molar-refractivity contribution in [3.05, 3.63) is 65.7 Å². The largest absolute Gasteiger partial charge is 0.506 e. The van der Waals surface area contributed by atoms with Gasteiger partial charge in [-0.15, -0.1) is 0 Å². The van der Waals surface area contributed by atoms with Gasteiger partial charge in [0, 0.05) is 23.3 Å². The third kappa shape index (κ3) is 5.72. The lowest BCUT2D eigenvalue weighted by Gasteiger charge is -2.27. The summed E-state index contributed by atoms with van der Waals surface area (Å²) in [5.74, 6) is -2.15. The highest BCUT2D eigenvalue weighted by molar-refractivity contribution is 6.34. The summed E-state index contributed by atoms with van der Waals surface area (Å²) in [6.45, 7) is 0.760. The summed E-state index contributed by atoms with van der Waals surface area (Å²) in [6.07, 6.45) is -0.217. The number of phenols is 1. The molecule has 1 heterocycles. The minimum absolute atomic E-state index is 0.0265. The van der Waals surface area contributed by atoms with Gasteiger partial charge in [-0.1, -0.05) is 23.2 Å². The van der Waals surface area contributed by atoms with Crippen LogP contribution < -0.4 is 16.2 Å². The number of rotatable bonds is 6. The van der Waals surface area contributed by atoms with Crippen LogP contribution in [0.15, 0.2) is 24.3 Å². The standard InChI is InChI=1S/C10H9ClN2O5.C7H5ClN2O4/c11-9-7(13(15)16)1-5(10(12)14)2-8(9)18-6-3-17-4-6;8-6-4(10(13)14)1-3(7(9)12)2-5(6)11/h1-2,6H,3-4H2,(H2,12,14);1-2,11H,(H2,9,12). The van der Waals surface area contributed by atoms with Gasteiger partial charge >= 0.3 is 0 Å². The van der Waals surface area contributed by atoms with Crippen LogP contribution in [0.5, 0.6) is 11.5 Å². The number of nitro benzene ring substituents is 2. The number of nitrogens with zero attached hydrogens (tertiary/aromatic N) is 2. The van der Waals surface area contributed by atoms with Crippen molar-refractivity contribution in [3.63, 3.8) is 0 Å². The molecule has 32 heavy (non-hydrogen) atoms. The minimum Gasteiger partial charge on any atom is -0.506 e. The van der Waals surface area contributed by atoms with Crippen LogP contribution in [-0.4, -0.2) is 46.1 Å². The number of ether oxygens (including phenoxy) is 2. The van der Waals surface area contributed by atoms with E-state index < -0.39 is 43.8 Å². The average Bonchev–Trinajstić information content (AvgIpc) is 2.67. The summed E-state index contributed by atoms with van der Waals surface area (Å²) in [6, 6.07) is 4.19. The van der Waals surface area contributed by atoms with Crippen molar-refractivity contribution < 1.29 is 34.0 Å². The molecule has 0 aliphatic carbocycles. The number of hydrogen-bond donors (Lipinski definition) is 3. The summed E-state index contributed by atoms with van der Waals surface area (Å²) in [7, 11) is 0. The Balaban J connectivity index is 0.000000235. The third-order valence-electron chi connectivity index (χ3n) is 3.92. The first-order chi connectivity index (χ1) is 14.9. The molecule has 15 heteroatoms. The second-order valence-corrected chi connectivity index (χ2v) is 6.91. The Morgan fingerprint density at radius 3 is 1.84 bits per heavy atom. The molecule has 0 unspecified atom stereocenters. The fourth-order valence-electron chi connectivity index (χ4n) is 2.27. The van der Waals surface area contributed by atoms with Crippen LogP contribution in [0.2, 0.25) is 10.0 Å². The molecule has 0 bridgehead atoms. The van der Waals surface area contributed by atoms with E-state index in [0.29, 0.717) is 13.2 Å². The molecule has 3 rings (SSSR count). The van der Waals surface area contributed by atoms with Crippen LogP contribution in [0.25, 0.3) is 0 Å². The Morgan fingerprint density at radius 2 is 1.44 bits per heavy atom. The molecule has 5 N–H and O–H groups in total. The summed E-state index contributed by atoms with van der Waals surface area (Å²) in [5.41, 5.74) is 8.82. The number of carbonyl (C=O) groups is 2. The van der Waals surface area contributed by atoms with E-state index in [-0.39, 0.29) is 28.0 Å². The molecule has 1 saturated heterocycles. The zero-order valence-corrected chi connectivity index (χ0v) is 17.3. The number of phenolic OH excluding ortho intramolecular Hbond substituents is 1. The highest BCUT2D eigenvalue weighted by Crippen LogP contribution is 2.36. The summed E-state index contributed by atoms with van der Waals surface area (Å²) in [5, 5.41) is 29.8. The molecular formula is C17H14Cl2N4O9. The number of nitro groups is 2. The average molecular weight is 489 g/mol. The van der Waals surface area contributed by atoms with Gasteiger partial charge in [0.2, 0.25) is 11.8 Å². The molecule has 2 aromatic carbocycles. The molecule has 170 valence electrons. The SMILES string of the molecule is NC(=O)c1cc(O)c(Cl)c([N+](=O)[O-])c1.NC(=O)c1cc(OC2COC2)c(Cl)c([N+](=O)[O-])c1. The lowest BCUT2D eigenvalue weighted by molar-refractivity contribution is -0.385. The van der Waals surface area contributed by atoms with E-state index in [1.54, 1.807) is 0 Å². The quantitative estimate of drug-likeness (QED) is 0.400. The molecule has 0 radical (unpaired) electrons. The second-order valence-electron chi connectivity index (χ2n) is 6.16. The maximum atomic E-state index is 11.1. The van der Waals surface area contributed by atoms with Crippen LogP contribution in [0.1, 0.15) is 20.7 Å². The van der Waals surface area contributed by atoms with E-state index in [9.17, 15) is 29.8 Å². The maximum absolute atomic E-state index is 11.1. The predicted molar refractivity (Wildman–Crippen MR) is 110 cm³/mol. The smallest absolute Gasteiger partial charge is 0.292 e. The number of aromatic hydroxyl groups is 1. The second kappa shape index (κ2) is 10.1. The third-order valence-corrected chi connectivity index (χ3v) is 4.68. The van der Waals surface area contributed by atoms with E-state index in [4.69, 9.17) is 49.2 Å². The zero-order valence-electron chi connectivity index (χ0n) is 15.8. The minimum atomic E-state index is -0.875. The number of benzene rings is 2. The van der Waals surface area contributed by atoms with Crippen molar-refractivity contribution in [2.75, 3.05) is 13.2 Å². The summed E-state index contributed by atoms with van der Waals surface area (Å²) < 4.78 is 10.3. The molecular weight excluding hydrogens is 475 g/mol. The van der Waals surface area contributed by atoms with Gasteiger partial charge in [0.25, 0.3) is 11.4 Å². The molecule has 1 fully saturated rings. The van der Waals surface area contributed by atoms with Crippen molar-refractivity contribution in [2.45, 2.75) is 6.10 Å². The molecule has 1 aliphatic rings. The van der Waals surface area contributed by atoms with Crippen molar-refractivity contribution in [3.8, 4) is 11.5 Å². The lowest BCUT2D eigenvalue weighted by atomic mass is 10.1. The number of carbonyl (C=O) groups excluding carboxylic acids is 2. The van der Waals surface area contributed by atoms with E-state index in [2.05, 4.69) is 0 Å². The van der Waals surface area contributed by atoms with Crippen molar-refractivity contribution >= 4 is 46.4 Å². The van der Waals surface area contributed by atoms with Gasteiger partial charge in [0.05, 0.1) is 23.1 Å². The number of primary amides is 2. The Labute approximate surface area is 188 Å². The first-order valence-electron chi connectivity index (χ1n) is 8.41. The van der Waals surface area contributed by atoms with Crippen LogP contribution >= 0.6 is 23.2 Å². The first-order valence-corrected chi connectivity index (χ1v) is 9.16. The van der Waals surface area contributed by atoms with Gasteiger partial charge < -0.3 is 26.0 Å². The molecule has 1 aliphatic heterocycles. The van der Waals surface area contributed by atoms with Crippen molar-refractivity contribution in [2.24, 2.45) is 11.5 Å². The van der Waals surface area contributed by atoms with Gasteiger partial charge in [-0.25, -0.2) is 0 Å². The fraction of sp³-hybridized carbons (Fsp3) is 0.176. The van der Waals surface area contributed by atoms with Gasteiger partial charge in [-0.05, 0) is 12.1 Å². The number of hydrogen-bond acceptors (Lipinski definition) is 9. The number of amides is 2. The number of nitrogens with two attached hydrogens (primary N) is 2. The summed E-state index contributed by atoms with van der Waals surface area (Å²) >= 11 is 11.3. The highest BCUT2D eigenvalue weighted by Gasteiger charge is 2.26. The van der Waals surface area contributed by atoms with E-state index in [1.807, 2.05) is 0 Å². The van der Waals surface area contributed by atoms with Crippen LogP contribution in [-0.2, 0) is 4.74 Å². The van der Waals surface area contributed by atoms with Crippen LogP contribution in [0, 0.1) is 20.2 Å². The predicted octanol–water partition coefficient (Wildman–Crippen LogP) is 2.18. The Hall–Kier alpha value is -3.68. The van der Waals surface area contributed by atoms with Crippen molar-refractivity contribution in [1.29, 1.82) is 0 Å². The van der Waals surface area contributed by atoms with E-state index >= 15 is 0 Å². The molecule has 0 spiro atoms. The highest BCUT2D eigenvalue weighted by atomic mass is 35.5. The van der Waals surface area contributed by atoms with E-state index in [1.165, 1.54) is 6.07 Å². The molecule has 0 saturated carbocycles. The molecule has 2 aromatic rings. The fourth-order valence-corrected chi connectivity index (χ4v) is 2.68. The Morgan fingerprint density at radius 1 is 0.969 bits per heavy atom. The summed E-state index contributed by atoms with van der Waals surface area (Å²) in [4.78, 5) is 41.5. The van der Waals surface area contributed by atoms with Gasteiger partial charge in [-0.3, -0.25) is 29.8 Å². The monoisotopic (exact) mass is 488 g/mol. The zero-order chi connectivity index (χ0) is 24.2. The van der Waals surface area contributed by atoms with Gasteiger partial charge in [-0.2, -0.15) is 0 Å².